The second-order valence-electron chi connectivity index (χ2n) is 5.01. The largest absolute Gasteiger partial charge is 0.481 e. The molecule has 0 spiro atoms. The number of carboxylic acids is 1. The lowest BCUT2D eigenvalue weighted by Crippen LogP contribution is -2.33. The molecule has 0 bridgehead atoms. The fourth-order valence-corrected chi connectivity index (χ4v) is 2.59. The monoisotopic (exact) mass is 262 g/mol. The highest BCUT2D eigenvalue weighted by molar-refractivity contribution is 5.92. The normalized spacial score (nSPS) is 22.2. The molecular weight excluding hydrogens is 244 g/mol. The Balaban J connectivity index is 1.92. The fourth-order valence-electron chi connectivity index (χ4n) is 2.59. The molecule has 2 rings (SSSR count). The number of aryl methyl sites for hydroxylation is 1. The zero-order chi connectivity index (χ0) is 13.8. The van der Waals surface area contributed by atoms with Gasteiger partial charge in [-0.25, -0.2) is 4.98 Å². The molecule has 5 nitrogen and oxygen atoms in total. The minimum atomic E-state index is -0.759. The average Bonchev–Trinajstić information content (AvgIpc) is 2.84. The van der Waals surface area contributed by atoms with Crippen molar-refractivity contribution >= 4 is 11.9 Å². The Bertz CT molecular complexity index is 487. The summed E-state index contributed by atoms with van der Waals surface area (Å²) in [6.45, 7) is 2.24. The van der Waals surface area contributed by atoms with Gasteiger partial charge >= 0.3 is 5.97 Å². The van der Waals surface area contributed by atoms with Crippen LogP contribution in [-0.4, -0.2) is 28.5 Å². The first kappa shape index (κ1) is 13.5. The van der Waals surface area contributed by atoms with E-state index in [0.717, 1.165) is 18.5 Å². The summed E-state index contributed by atoms with van der Waals surface area (Å²) in [5.41, 5.74) is 1.17. The van der Waals surface area contributed by atoms with Gasteiger partial charge in [-0.05, 0) is 37.8 Å². The Morgan fingerprint density at radius 1 is 1.42 bits per heavy atom. The van der Waals surface area contributed by atoms with Gasteiger partial charge in [-0.3, -0.25) is 9.59 Å². The molecule has 0 aliphatic heterocycles. The summed E-state index contributed by atoms with van der Waals surface area (Å²) in [7, 11) is 0. The molecule has 5 heteroatoms. The van der Waals surface area contributed by atoms with Crippen LogP contribution in [0.4, 0.5) is 0 Å². The Labute approximate surface area is 112 Å². The van der Waals surface area contributed by atoms with Crippen LogP contribution in [-0.2, 0) is 4.79 Å². The molecule has 19 heavy (non-hydrogen) atoms. The Morgan fingerprint density at radius 3 is 2.89 bits per heavy atom. The SMILES string of the molecule is Cc1cccc(C(=O)NCC2CCCC2C(=O)O)n1. The molecule has 102 valence electrons. The summed E-state index contributed by atoms with van der Waals surface area (Å²) in [5, 5.41) is 11.9. The van der Waals surface area contributed by atoms with Crippen molar-refractivity contribution in [2.45, 2.75) is 26.2 Å². The van der Waals surface area contributed by atoms with Crippen molar-refractivity contribution in [1.29, 1.82) is 0 Å². The molecule has 1 aliphatic carbocycles. The van der Waals surface area contributed by atoms with Gasteiger partial charge in [-0.2, -0.15) is 0 Å². The maximum absolute atomic E-state index is 11.9. The molecule has 2 atom stereocenters. The lowest BCUT2D eigenvalue weighted by Gasteiger charge is -2.16. The Hall–Kier alpha value is -1.91. The molecule has 1 aromatic heterocycles. The summed E-state index contributed by atoms with van der Waals surface area (Å²) in [6.07, 6.45) is 2.48. The second-order valence-corrected chi connectivity index (χ2v) is 5.01. The highest BCUT2D eigenvalue weighted by atomic mass is 16.4. The zero-order valence-electron chi connectivity index (χ0n) is 10.9. The summed E-state index contributed by atoms with van der Waals surface area (Å²) >= 11 is 0. The van der Waals surface area contributed by atoms with Crippen molar-refractivity contribution in [3.8, 4) is 0 Å². The summed E-state index contributed by atoms with van der Waals surface area (Å²) in [5.74, 6) is -1.29. The van der Waals surface area contributed by atoms with Gasteiger partial charge in [-0.15, -0.1) is 0 Å². The lowest BCUT2D eigenvalue weighted by molar-refractivity contribution is -0.142. The van der Waals surface area contributed by atoms with E-state index in [1.54, 1.807) is 12.1 Å². The van der Waals surface area contributed by atoms with E-state index in [4.69, 9.17) is 5.11 Å². The predicted octanol–water partition coefficient (Wildman–Crippen LogP) is 1.62. The number of pyridine rings is 1. The molecule has 1 aromatic rings. The van der Waals surface area contributed by atoms with Gasteiger partial charge in [0.2, 0.25) is 0 Å². The molecule has 0 saturated heterocycles. The third-order valence-corrected chi connectivity index (χ3v) is 3.62. The van der Waals surface area contributed by atoms with Crippen molar-refractivity contribution in [2.24, 2.45) is 11.8 Å². The van der Waals surface area contributed by atoms with E-state index in [-0.39, 0.29) is 17.7 Å². The van der Waals surface area contributed by atoms with Crippen molar-refractivity contribution in [3.05, 3.63) is 29.6 Å². The average molecular weight is 262 g/mol. The number of nitrogens with zero attached hydrogens (tertiary/aromatic N) is 1. The molecule has 1 heterocycles. The van der Waals surface area contributed by atoms with E-state index >= 15 is 0 Å². The number of rotatable bonds is 4. The first-order chi connectivity index (χ1) is 9.08. The number of carbonyl (C=O) groups excluding carboxylic acids is 1. The van der Waals surface area contributed by atoms with Crippen LogP contribution in [0.25, 0.3) is 0 Å². The van der Waals surface area contributed by atoms with Gasteiger partial charge in [0.25, 0.3) is 5.91 Å². The Morgan fingerprint density at radius 2 is 2.21 bits per heavy atom. The molecule has 2 N–H and O–H groups in total. The van der Waals surface area contributed by atoms with Crippen LogP contribution >= 0.6 is 0 Å². The fraction of sp³-hybridized carbons (Fsp3) is 0.500. The number of hydrogen-bond acceptors (Lipinski definition) is 3. The van der Waals surface area contributed by atoms with Gasteiger partial charge in [0.05, 0.1) is 5.92 Å². The van der Waals surface area contributed by atoms with Crippen molar-refractivity contribution < 1.29 is 14.7 Å². The summed E-state index contributed by atoms with van der Waals surface area (Å²) < 4.78 is 0. The third kappa shape index (κ3) is 3.30. The molecule has 1 aliphatic rings. The molecule has 2 unspecified atom stereocenters. The van der Waals surface area contributed by atoms with E-state index in [1.165, 1.54) is 0 Å². The van der Waals surface area contributed by atoms with Gasteiger partial charge < -0.3 is 10.4 Å². The van der Waals surface area contributed by atoms with Crippen molar-refractivity contribution in [1.82, 2.24) is 10.3 Å². The minimum Gasteiger partial charge on any atom is -0.481 e. The predicted molar refractivity (Wildman–Crippen MR) is 69.8 cm³/mol. The first-order valence-corrected chi connectivity index (χ1v) is 6.52. The van der Waals surface area contributed by atoms with Crippen molar-refractivity contribution in [2.75, 3.05) is 6.54 Å². The number of aliphatic carboxylic acids is 1. The quantitative estimate of drug-likeness (QED) is 0.864. The van der Waals surface area contributed by atoms with Crippen molar-refractivity contribution in [3.63, 3.8) is 0 Å². The minimum absolute atomic E-state index is 0.0336. The summed E-state index contributed by atoms with van der Waals surface area (Å²) in [6, 6.07) is 5.27. The number of nitrogens with one attached hydrogen (secondary N) is 1. The number of hydrogen-bond donors (Lipinski definition) is 2. The maximum Gasteiger partial charge on any atom is 0.306 e. The van der Waals surface area contributed by atoms with E-state index in [1.807, 2.05) is 13.0 Å². The number of aromatic nitrogens is 1. The smallest absolute Gasteiger partial charge is 0.306 e. The Kier molecular flexibility index (Phi) is 4.14. The van der Waals surface area contributed by atoms with Crippen LogP contribution in [0.5, 0.6) is 0 Å². The topological polar surface area (TPSA) is 79.3 Å². The van der Waals surface area contributed by atoms with Crippen LogP contribution < -0.4 is 5.32 Å². The molecule has 1 saturated carbocycles. The van der Waals surface area contributed by atoms with E-state index in [9.17, 15) is 9.59 Å². The summed E-state index contributed by atoms with van der Waals surface area (Å²) in [4.78, 5) is 27.1. The molecule has 1 fully saturated rings. The molecule has 0 aromatic carbocycles. The first-order valence-electron chi connectivity index (χ1n) is 6.52. The molecule has 1 amide bonds. The van der Waals surface area contributed by atoms with Crippen LogP contribution in [0.1, 0.15) is 35.4 Å². The molecule has 0 radical (unpaired) electrons. The van der Waals surface area contributed by atoms with Crippen LogP contribution in [0.3, 0.4) is 0 Å². The van der Waals surface area contributed by atoms with Gasteiger partial charge in [-0.1, -0.05) is 12.5 Å². The van der Waals surface area contributed by atoms with Crippen LogP contribution in [0.2, 0.25) is 0 Å². The van der Waals surface area contributed by atoms with Crippen LogP contribution in [0.15, 0.2) is 18.2 Å². The maximum atomic E-state index is 11.9. The zero-order valence-corrected chi connectivity index (χ0v) is 10.9. The number of carbonyl (C=O) groups is 2. The van der Waals surface area contributed by atoms with Gasteiger partial charge in [0, 0.05) is 12.2 Å². The number of carboxylic acid groups (broad SMARTS) is 1. The second kappa shape index (κ2) is 5.82. The standard InChI is InChI=1S/C14H18N2O3/c1-9-4-2-7-12(16-9)13(17)15-8-10-5-3-6-11(10)14(18)19/h2,4,7,10-11H,3,5-6,8H2,1H3,(H,15,17)(H,18,19). The lowest BCUT2D eigenvalue weighted by atomic mass is 9.96. The van der Waals surface area contributed by atoms with Crippen LogP contribution in [0, 0.1) is 18.8 Å². The van der Waals surface area contributed by atoms with E-state index in [0.29, 0.717) is 18.7 Å². The van der Waals surface area contributed by atoms with E-state index < -0.39 is 5.97 Å². The van der Waals surface area contributed by atoms with Gasteiger partial charge in [0.1, 0.15) is 5.69 Å². The highest BCUT2D eigenvalue weighted by Crippen LogP contribution is 2.31. The molecular formula is C14H18N2O3. The van der Waals surface area contributed by atoms with Gasteiger partial charge in [0.15, 0.2) is 0 Å². The highest BCUT2D eigenvalue weighted by Gasteiger charge is 2.32. The van der Waals surface area contributed by atoms with E-state index in [2.05, 4.69) is 10.3 Å². The third-order valence-electron chi connectivity index (χ3n) is 3.62. The number of amides is 1.